The Bertz CT molecular complexity index is 469. The fourth-order valence-corrected chi connectivity index (χ4v) is 1.87. The Morgan fingerprint density at radius 3 is 2.22 bits per heavy atom. The quantitative estimate of drug-likeness (QED) is 0.770. The van der Waals surface area contributed by atoms with Crippen LogP contribution in [0.1, 0.15) is 32.4 Å². The van der Waals surface area contributed by atoms with E-state index in [0.717, 1.165) is 5.56 Å². The molecule has 0 heterocycles. The van der Waals surface area contributed by atoms with Gasteiger partial charge in [0.05, 0.1) is 17.5 Å². The second-order valence-electron chi connectivity index (χ2n) is 4.66. The van der Waals surface area contributed by atoms with Crippen LogP contribution < -0.4 is 10.6 Å². The van der Waals surface area contributed by atoms with Crippen molar-refractivity contribution < 1.29 is 13.3 Å². The third-order valence-electron chi connectivity index (χ3n) is 2.39. The van der Waals surface area contributed by atoms with Crippen LogP contribution in [-0.2, 0) is 14.9 Å². The molecule has 0 amide bonds. The van der Waals surface area contributed by atoms with E-state index in [0.29, 0.717) is 12.5 Å². The van der Waals surface area contributed by atoms with E-state index < -0.39 is 10.0 Å². The van der Waals surface area contributed by atoms with Gasteiger partial charge in [0.1, 0.15) is 0 Å². The first kappa shape index (κ1) is 15.1. The summed E-state index contributed by atoms with van der Waals surface area (Å²) in [6.45, 7) is 6.69. The first-order chi connectivity index (χ1) is 8.30. The molecule has 1 aromatic rings. The summed E-state index contributed by atoms with van der Waals surface area (Å²) in [4.78, 5) is 5.43. The zero-order chi connectivity index (χ0) is 13.8. The average Bonchev–Trinajstić information content (AvgIpc) is 2.27. The summed E-state index contributed by atoms with van der Waals surface area (Å²) >= 11 is 0. The van der Waals surface area contributed by atoms with Crippen molar-refractivity contribution in [3.63, 3.8) is 0 Å². The highest BCUT2D eigenvalue weighted by Gasteiger charge is 2.10. The maximum absolute atomic E-state index is 11.1. The number of hydroxylamine groups is 1. The van der Waals surface area contributed by atoms with Crippen molar-refractivity contribution in [3.8, 4) is 0 Å². The first-order valence-corrected chi connectivity index (χ1v) is 7.35. The number of nitrogens with two attached hydrogens (primary N) is 1. The van der Waals surface area contributed by atoms with Crippen LogP contribution in [0.15, 0.2) is 29.2 Å². The fourth-order valence-electron chi connectivity index (χ4n) is 1.35. The Balaban J connectivity index is 2.62. The van der Waals surface area contributed by atoms with Crippen LogP contribution in [0.5, 0.6) is 0 Å². The number of hydrogen-bond donors (Lipinski definition) is 2. The molecule has 5 nitrogen and oxygen atoms in total. The SMILES string of the molecule is CC(C)CONC(C)c1ccc(S(N)(=O)=O)cc1. The zero-order valence-electron chi connectivity index (χ0n) is 10.9. The van der Waals surface area contributed by atoms with Crippen molar-refractivity contribution >= 4 is 10.0 Å². The van der Waals surface area contributed by atoms with Gasteiger partial charge in [-0.05, 0) is 30.5 Å². The summed E-state index contributed by atoms with van der Waals surface area (Å²) < 4.78 is 22.2. The second-order valence-corrected chi connectivity index (χ2v) is 6.22. The Morgan fingerprint density at radius 1 is 1.22 bits per heavy atom. The highest BCUT2D eigenvalue weighted by Crippen LogP contribution is 2.15. The van der Waals surface area contributed by atoms with Gasteiger partial charge < -0.3 is 4.84 Å². The van der Waals surface area contributed by atoms with E-state index in [2.05, 4.69) is 19.3 Å². The maximum Gasteiger partial charge on any atom is 0.238 e. The van der Waals surface area contributed by atoms with Gasteiger partial charge in [-0.15, -0.1) is 0 Å². The summed E-state index contributed by atoms with van der Waals surface area (Å²) in [5, 5.41) is 5.03. The molecule has 1 rings (SSSR count). The molecule has 0 radical (unpaired) electrons. The molecule has 0 saturated heterocycles. The minimum atomic E-state index is -3.63. The van der Waals surface area contributed by atoms with Crippen molar-refractivity contribution in [1.29, 1.82) is 0 Å². The molecule has 0 aliphatic carbocycles. The third-order valence-corrected chi connectivity index (χ3v) is 3.31. The normalized spacial score (nSPS) is 13.8. The maximum atomic E-state index is 11.1. The number of sulfonamides is 1. The standard InChI is InChI=1S/C12H20N2O3S/c1-9(2)8-17-14-10(3)11-4-6-12(7-5-11)18(13,15)16/h4-7,9-10,14H,8H2,1-3H3,(H2,13,15,16). The lowest BCUT2D eigenvalue weighted by Crippen LogP contribution is -2.21. The first-order valence-electron chi connectivity index (χ1n) is 5.80. The van der Waals surface area contributed by atoms with Crippen molar-refractivity contribution in [2.45, 2.75) is 31.7 Å². The van der Waals surface area contributed by atoms with Crippen LogP contribution in [0.4, 0.5) is 0 Å². The molecule has 0 aliphatic heterocycles. The van der Waals surface area contributed by atoms with E-state index >= 15 is 0 Å². The molecule has 0 spiro atoms. The molecule has 1 atom stereocenters. The molecule has 1 aromatic carbocycles. The lowest BCUT2D eigenvalue weighted by Gasteiger charge is -2.15. The number of benzene rings is 1. The smallest absolute Gasteiger partial charge is 0.238 e. The van der Waals surface area contributed by atoms with E-state index in [1.165, 1.54) is 12.1 Å². The summed E-state index contributed by atoms with van der Waals surface area (Å²) in [5.41, 5.74) is 3.84. The van der Waals surface area contributed by atoms with Gasteiger partial charge in [0.25, 0.3) is 0 Å². The molecule has 0 saturated carbocycles. The number of rotatable bonds is 6. The lowest BCUT2D eigenvalue weighted by atomic mass is 10.1. The summed E-state index contributed by atoms with van der Waals surface area (Å²) in [6.07, 6.45) is 0. The highest BCUT2D eigenvalue weighted by molar-refractivity contribution is 7.89. The second kappa shape index (κ2) is 6.29. The Kier molecular flexibility index (Phi) is 5.28. The van der Waals surface area contributed by atoms with E-state index in [-0.39, 0.29) is 10.9 Å². The van der Waals surface area contributed by atoms with Gasteiger partial charge >= 0.3 is 0 Å². The van der Waals surface area contributed by atoms with Gasteiger partial charge in [-0.2, -0.15) is 5.48 Å². The van der Waals surface area contributed by atoms with Crippen molar-refractivity contribution in [2.24, 2.45) is 11.1 Å². The summed E-state index contributed by atoms with van der Waals surface area (Å²) in [6, 6.07) is 6.40. The van der Waals surface area contributed by atoms with Gasteiger partial charge in [-0.3, -0.25) is 0 Å². The molecule has 0 aliphatic rings. The largest absolute Gasteiger partial charge is 0.301 e. The van der Waals surface area contributed by atoms with Gasteiger partial charge in [0.15, 0.2) is 0 Å². The third kappa shape index (κ3) is 4.73. The van der Waals surface area contributed by atoms with Crippen LogP contribution in [0.2, 0.25) is 0 Å². The highest BCUT2D eigenvalue weighted by atomic mass is 32.2. The molecular weight excluding hydrogens is 252 g/mol. The van der Waals surface area contributed by atoms with E-state index in [1.54, 1.807) is 12.1 Å². The van der Waals surface area contributed by atoms with Gasteiger partial charge in [0.2, 0.25) is 10.0 Å². The van der Waals surface area contributed by atoms with Gasteiger partial charge in [0, 0.05) is 0 Å². The Morgan fingerprint density at radius 2 is 1.78 bits per heavy atom. The summed E-state index contributed by atoms with van der Waals surface area (Å²) in [7, 11) is -3.63. The summed E-state index contributed by atoms with van der Waals surface area (Å²) in [5.74, 6) is 0.453. The molecule has 0 aromatic heterocycles. The van der Waals surface area contributed by atoms with E-state index in [4.69, 9.17) is 9.98 Å². The molecular formula is C12H20N2O3S. The molecule has 6 heteroatoms. The monoisotopic (exact) mass is 272 g/mol. The van der Waals surface area contributed by atoms with Gasteiger partial charge in [-0.1, -0.05) is 26.0 Å². The Labute approximate surface area is 108 Å². The number of hydrogen-bond acceptors (Lipinski definition) is 4. The fraction of sp³-hybridized carbons (Fsp3) is 0.500. The minimum Gasteiger partial charge on any atom is -0.301 e. The van der Waals surface area contributed by atoms with Crippen molar-refractivity contribution in [3.05, 3.63) is 29.8 Å². The Hall–Kier alpha value is -0.950. The molecule has 0 bridgehead atoms. The molecule has 1 unspecified atom stereocenters. The zero-order valence-corrected chi connectivity index (χ0v) is 11.7. The van der Waals surface area contributed by atoms with Crippen LogP contribution in [0.3, 0.4) is 0 Å². The molecule has 0 fully saturated rings. The lowest BCUT2D eigenvalue weighted by molar-refractivity contribution is 0.00408. The topological polar surface area (TPSA) is 81.4 Å². The molecule has 3 N–H and O–H groups in total. The van der Waals surface area contributed by atoms with E-state index in [1.807, 2.05) is 6.92 Å². The number of primary sulfonamides is 1. The average molecular weight is 272 g/mol. The molecule has 18 heavy (non-hydrogen) atoms. The van der Waals surface area contributed by atoms with Crippen molar-refractivity contribution in [2.75, 3.05) is 6.61 Å². The predicted molar refractivity (Wildman–Crippen MR) is 70.2 cm³/mol. The van der Waals surface area contributed by atoms with Crippen LogP contribution in [0.25, 0.3) is 0 Å². The van der Waals surface area contributed by atoms with Crippen LogP contribution in [-0.4, -0.2) is 15.0 Å². The van der Waals surface area contributed by atoms with Crippen LogP contribution >= 0.6 is 0 Å². The minimum absolute atomic E-state index is 0.0155. The van der Waals surface area contributed by atoms with Crippen LogP contribution in [0, 0.1) is 5.92 Å². The predicted octanol–water partition coefficient (Wildman–Crippen LogP) is 1.57. The van der Waals surface area contributed by atoms with Crippen molar-refractivity contribution in [1.82, 2.24) is 5.48 Å². The molecule has 102 valence electrons. The van der Waals surface area contributed by atoms with Gasteiger partial charge in [-0.25, -0.2) is 13.6 Å². The van der Waals surface area contributed by atoms with E-state index in [9.17, 15) is 8.42 Å². The number of nitrogens with one attached hydrogen (secondary N) is 1.